The molecule has 0 atom stereocenters. The Hall–Kier alpha value is -2.76. The lowest BCUT2D eigenvalue weighted by Crippen LogP contribution is -2.40. The van der Waals surface area contributed by atoms with Crippen LogP contribution in [0.4, 0.5) is 10.5 Å². The molecular weight excluding hydrogens is 330 g/mol. The summed E-state index contributed by atoms with van der Waals surface area (Å²) in [5.41, 5.74) is 1.76. The number of benzene rings is 1. The Morgan fingerprint density at radius 2 is 1.96 bits per heavy atom. The van der Waals surface area contributed by atoms with Crippen LogP contribution in [-0.2, 0) is 7.05 Å². The standard InChI is InChI=1S/C20H25N3O3/c1-3-26-18-7-5-4-6-17(18)21-20(25)23-12-9-15(10-13-23)16-8-11-22(2)19(24)14-16/h4-8,11,14-15H,3,9-10,12-13H2,1-2H3,(H,21,25). The normalized spacial score (nSPS) is 14.9. The molecule has 1 saturated heterocycles. The number of nitrogens with zero attached hydrogens (tertiary/aromatic N) is 2. The number of ether oxygens (including phenoxy) is 1. The van der Waals surface area contributed by atoms with Gasteiger partial charge in [0.1, 0.15) is 5.75 Å². The number of aromatic nitrogens is 1. The molecule has 0 unspecified atom stereocenters. The van der Waals surface area contributed by atoms with E-state index >= 15 is 0 Å². The van der Waals surface area contributed by atoms with Crippen molar-refractivity contribution in [1.29, 1.82) is 0 Å². The number of nitrogens with one attached hydrogen (secondary N) is 1. The van der Waals surface area contributed by atoms with Gasteiger partial charge in [-0.3, -0.25) is 4.79 Å². The number of urea groups is 1. The topological polar surface area (TPSA) is 63.6 Å². The van der Waals surface area contributed by atoms with Crippen molar-refractivity contribution in [2.75, 3.05) is 25.0 Å². The molecule has 0 radical (unpaired) electrons. The van der Waals surface area contributed by atoms with Crippen LogP contribution in [0.25, 0.3) is 0 Å². The van der Waals surface area contributed by atoms with Crippen molar-refractivity contribution in [3.05, 3.63) is 58.5 Å². The summed E-state index contributed by atoms with van der Waals surface area (Å²) in [4.78, 5) is 26.2. The molecule has 1 N–H and O–H groups in total. The van der Waals surface area contributed by atoms with Gasteiger partial charge in [0.05, 0.1) is 12.3 Å². The van der Waals surface area contributed by atoms with E-state index in [2.05, 4.69) is 5.32 Å². The molecule has 1 aliphatic heterocycles. The first-order valence-electron chi connectivity index (χ1n) is 9.03. The van der Waals surface area contributed by atoms with Crippen molar-refractivity contribution in [2.45, 2.75) is 25.7 Å². The van der Waals surface area contributed by atoms with Crippen molar-refractivity contribution in [3.8, 4) is 5.75 Å². The molecule has 2 heterocycles. The van der Waals surface area contributed by atoms with Crippen LogP contribution in [0.5, 0.6) is 5.75 Å². The molecule has 138 valence electrons. The Kier molecular flexibility index (Phi) is 5.61. The van der Waals surface area contributed by atoms with E-state index < -0.39 is 0 Å². The molecular formula is C20H25N3O3. The minimum absolute atomic E-state index is 0.00945. The summed E-state index contributed by atoms with van der Waals surface area (Å²) < 4.78 is 7.13. The first kappa shape index (κ1) is 18.0. The van der Waals surface area contributed by atoms with Crippen LogP contribution in [0.2, 0.25) is 0 Å². The minimum Gasteiger partial charge on any atom is -0.492 e. The minimum atomic E-state index is -0.112. The number of rotatable bonds is 4. The summed E-state index contributed by atoms with van der Waals surface area (Å²) in [5.74, 6) is 1.00. The third-order valence-corrected chi connectivity index (χ3v) is 4.81. The molecule has 0 bridgehead atoms. The van der Waals surface area contributed by atoms with E-state index in [-0.39, 0.29) is 11.6 Å². The highest BCUT2D eigenvalue weighted by atomic mass is 16.5. The largest absolute Gasteiger partial charge is 0.492 e. The Labute approximate surface area is 153 Å². The van der Waals surface area contributed by atoms with Crippen LogP contribution in [0.15, 0.2) is 47.4 Å². The fourth-order valence-electron chi connectivity index (χ4n) is 3.28. The number of amides is 2. The number of carbonyl (C=O) groups excluding carboxylic acids is 1. The smallest absolute Gasteiger partial charge is 0.321 e. The number of hydrogen-bond donors (Lipinski definition) is 1. The van der Waals surface area contributed by atoms with Gasteiger partial charge in [-0.05, 0) is 49.4 Å². The zero-order valence-electron chi connectivity index (χ0n) is 15.3. The molecule has 3 rings (SSSR count). The molecule has 26 heavy (non-hydrogen) atoms. The monoisotopic (exact) mass is 355 g/mol. The zero-order chi connectivity index (χ0) is 18.5. The third-order valence-electron chi connectivity index (χ3n) is 4.81. The predicted octanol–water partition coefficient (Wildman–Crippen LogP) is 3.20. The van der Waals surface area contributed by atoms with E-state index in [9.17, 15) is 9.59 Å². The molecule has 6 nitrogen and oxygen atoms in total. The fraction of sp³-hybridized carbons (Fsp3) is 0.400. The van der Waals surface area contributed by atoms with Crippen molar-refractivity contribution in [3.63, 3.8) is 0 Å². The van der Waals surface area contributed by atoms with Crippen LogP contribution >= 0.6 is 0 Å². The van der Waals surface area contributed by atoms with Gasteiger partial charge in [-0.15, -0.1) is 0 Å². The lowest BCUT2D eigenvalue weighted by molar-refractivity contribution is 0.194. The molecule has 0 aliphatic carbocycles. The Balaban J connectivity index is 1.60. The second-order valence-corrected chi connectivity index (χ2v) is 6.53. The highest BCUT2D eigenvalue weighted by Gasteiger charge is 2.24. The van der Waals surface area contributed by atoms with Crippen LogP contribution < -0.4 is 15.6 Å². The molecule has 1 aromatic carbocycles. The van der Waals surface area contributed by atoms with Gasteiger partial charge in [0.2, 0.25) is 0 Å². The Bertz CT molecular complexity index is 823. The van der Waals surface area contributed by atoms with E-state index in [0.717, 1.165) is 18.4 Å². The van der Waals surface area contributed by atoms with E-state index in [1.807, 2.05) is 42.2 Å². The lowest BCUT2D eigenvalue weighted by atomic mass is 9.90. The van der Waals surface area contributed by atoms with Crippen LogP contribution in [0, 0.1) is 0 Å². The molecule has 2 amide bonds. The number of para-hydroxylation sites is 2. The van der Waals surface area contributed by atoms with Crippen molar-refractivity contribution in [2.24, 2.45) is 7.05 Å². The number of likely N-dealkylation sites (tertiary alicyclic amines) is 1. The Morgan fingerprint density at radius 3 is 2.65 bits per heavy atom. The molecule has 1 aliphatic rings. The molecule has 6 heteroatoms. The van der Waals surface area contributed by atoms with Crippen LogP contribution in [0.1, 0.15) is 31.2 Å². The van der Waals surface area contributed by atoms with Crippen molar-refractivity contribution in [1.82, 2.24) is 9.47 Å². The second-order valence-electron chi connectivity index (χ2n) is 6.53. The second kappa shape index (κ2) is 8.08. The SMILES string of the molecule is CCOc1ccccc1NC(=O)N1CCC(c2ccn(C)c(=O)c2)CC1. The van der Waals surface area contributed by atoms with Crippen LogP contribution in [0.3, 0.4) is 0 Å². The maximum atomic E-state index is 12.6. The summed E-state index contributed by atoms with van der Waals surface area (Å²) in [5, 5.41) is 2.94. The number of anilines is 1. The molecule has 0 spiro atoms. The third kappa shape index (κ3) is 4.07. The van der Waals surface area contributed by atoms with Gasteiger partial charge in [-0.1, -0.05) is 12.1 Å². The maximum Gasteiger partial charge on any atom is 0.321 e. The summed E-state index contributed by atoms with van der Waals surface area (Å²) >= 11 is 0. The van der Waals surface area contributed by atoms with Crippen LogP contribution in [-0.4, -0.2) is 35.2 Å². The lowest BCUT2D eigenvalue weighted by Gasteiger charge is -2.32. The molecule has 1 aromatic heterocycles. The van der Waals surface area contributed by atoms with Gasteiger partial charge in [-0.2, -0.15) is 0 Å². The highest BCUT2D eigenvalue weighted by Crippen LogP contribution is 2.28. The summed E-state index contributed by atoms with van der Waals surface area (Å²) in [7, 11) is 1.75. The fourth-order valence-corrected chi connectivity index (χ4v) is 3.28. The average molecular weight is 355 g/mol. The van der Waals surface area contributed by atoms with Gasteiger partial charge in [0, 0.05) is 32.4 Å². The van der Waals surface area contributed by atoms with Crippen molar-refractivity contribution >= 4 is 11.7 Å². The van der Waals surface area contributed by atoms with Gasteiger partial charge in [-0.25, -0.2) is 4.79 Å². The van der Waals surface area contributed by atoms with Crippen molar-refractivity contribution < 1.29 is 9.53 Å². The highest BCUT2D eigenvalue weighted by molar-refractivity contribution is 5.91. The van der Waals surface area contributed by atoms with E-state index in [4.69, 9.17) is 4.74 Å². The number of aryl methyl sites for hydroxylation is 1. The summed E-state index contributed by atoms with van der Waals surface area (Å²) in [6.07, 6.45) is 3.52. The predicted molar refractivity (Wildman–Crippen MR) is 102 cm³/mol. The van der Waals surface area contributed by atoms with Gasteiger partial charge >= 0.3 is 6.03 Å². The van der Waals surface area contributed by atoms with Gasteiger partial charge < -0.3 is 19.5 Å². The summed E-state index contributed by atoms with van der Waals surface area (Å²) in [6.45, 7) is 3.81. The summed E-state index contributed by atoms with van der Waals surface area (Å²) in [6, 6.07) is 11.0. The van der Waals surface area contributed by atoms with Gasteiger partial charge in [0.25, 0.3) is 5.56 Å². The zero-order valence-corrected chi connectivity index (χ0v) is 15.3. The number of hydrogen-bond acceptors (Lipinski definition) is 3. The van der Waals surface area contributed by atoms with Gasteiger partial charge in [0.15, 0.2) is 0 Å². The first-order valence-corrected chi connectivity index (χ1v) is 9.03. The number of carbonyl (C=O) groups is 1. The molecule has 0 saturated carbocycles. The van der Waals surface area contributed by atoms with E-state index in [1.54, 1.807) is 23.9 Å². The first-order chi connectivity index (χ1) is 12.6. The maximum absolute atomic E-state index is 12.6. The molecule has 2 aromatic rings. The quantitative estimate of drug-likeness (QED) is 0.916. The van der Waals surface area contributed by atoms with E-state index in [1.165, 1.54) is 0 Å². The molecule has 1 fully saturated rings. The number of piperidine rings is 1. The van der Waals surface area contributed by atoms with E-state index in [0.29, 0.717) is 37.1 Å². The average Bonchev–Trinajstić information content (AvgIpc) is 2.66. The number of pyridine rings is 1. The Morgan fingerprint density at radius 1 is 1.23 bits per heavy atom.